The predicted molar refractivity (Wildman–Crippen MR) is 90.0 cm³/mol. The first-order valence-electron chi connectivity index (χ1n) is 7.78. The number of halogens is 1. The maximum atomic E-state index is 13.5. The smallest absolute Gasteiger partial charge is 0.252 e. The van der Waals surface area contributed by atoms with Gasteiger partial charge in [-0.25, -0.2) is 9.37 Å². The van der Waals surface area contributed by atoms with Gasteiger partial charge in [0.15, 0.2) is 0 Å². The van der Waals surface area contributed by atoms with Crippen LogP contribution < -0.4 is 10.6 Å². The third-order valence-corrected chi connectivity index (χ3v) is 3.35. The van der Waals surface area contributed by atoms with E-state index in [1.807, 2.05) is 19.9 Å². The van der Waals surface area contributed by atoms with Gasteiger partial charge >= 0.3 is 0 Å². The third kappa shape index (κ3) is 5.36. The van der Waals surface area contributed by atoms with Crippen molar-refractivity contribution in [2.45, 2.75) is 20.3 Å². The van der Waals surface area contributed by atoms with Crippen molar-refractivity contribution < 1.29 is 9.18 Å². The van der Waals surface area contributed by atoms with Crippen LogP contribution in [0.3, 0.4) is 0 Å². The SMILES string of the molecule is CC(C)CNC(=O)c1ccc(NCCc2ccccc2F)nc1. The van der Waals surface area contributed by atoms with Gasteiger partial charge in [-0.2, -0.15) is 0 Å². The lowest BCUT2D eigenvalue weighted by Gasteiger charge is -2.09. The predicted octanol–water partition coefficient (Wildman–Crippen LogP) is 3.26. The lowest BCUT2D eigenvalue weighted by atomic mass is 10.1. The van der Waals surface area contributed by atoms with Crippen LogP contribution in [-0.2, 0) is 6.42 Å². The van der Waals surface area contributed by atoms with Gasteiger partial charge < -0.3 is 10.6 Å². The lowest BCUT2D eigenvalue weighted by Crippen LogP contribution is -2.27. The standard InChI is InChI=1S/C18H22FN3O/c1-13(2)11-22-18(23)15-7-8-17(21-12-15)20-10-9-14-5-3-4-6-16(14)19/h3-8,12-13H,9-11H2,1-2H3,(H,20,21)(H,22,23). The molecule has 1 amide bonds. The van der Waals surface area contributed by atoms with E-state index in [4.69, 9.17) is 0 Å². The summed E-state index contributed by atoms with van der Waals surface area (Å²) < 4.78 is 13.5. The molecule has 4 nitrogen and oxygen atoms in total. The van der Waals surface area contributed by atoms with Crippen LogP contribution >= 0.6 is 0 Å². The van der Waals surface area contributed by atoms with Crippen molar-refractivity contribution in [2.24, 2.45) is 5.92 Å². The Morgan fingerprint density at radius 1 is 1.22 bits per heavy atom. The van der Waals surface area contributed by atoms with Crippen LogP contribution in [0.4, 0.5) is 10.2 Å². The van der Waals surface area contributed by atoms with Gasteiger partial charge in [0, 0.05) is 19.3 Å². The molecular formula is C18H22FN3O. The van der Waals surface area contributed by atoms with E-state index in [9.17, 15) is 9.18 Å². The van der Waals surface area contributed by atoms with E-state index < -0.39 is 0 Å². The van der Waals surface area contributed by atoms with Crippen LogP contribution in [0.25, 0.3) is 0 Å². The van der Waals surface area contributed by atoms with Crippen molar-refractivity contribution in [1.82, 2.24) is 10.3 Å². The molecule has 0 aliphatic rings. The number of nitrogens with zero attached hydrogens (tertiary/aromatic N) is 1. The number of carbonyl (C=O) groups is 1. The summed E-state index contributed by atoms with van der Waals surface area (Å²) in [5.41, 5.74) is 1.20. The van der Waals surface area contributed by atoms with Crippen molar-refractivity contribution in [2.75, 3.05) is 18.4 Å². The number of carbonyl (C=O) groups excluding carboxylic acids is 1. The maximum Gasteiger partial charge on any atom is 0.252 e. The number of nitrogens with one attached hydrogen (secondary N) is 2. The Morgan fingerprint density at radius 3 is 2.65 bits per heavy atom. The second-order valence-corrected chi connectivity index (χ2v) is 5.80. The van der Waals surface area contributed by atoms with Crippen LogP contribution in [0, 0.1) is 11.7 Å². The number of anilines is 1. The Balaban J connectivity index is 1.83. The molecule has 1 aromatic carbocycles. The monoisotopic (exact) mass is 315 g/mol. The molecule has 0 spiro atoms. The second kappa shape index (κ2) is 8.27. The molecule has 0 saturated heterocycles. The quantitative estimate of drug-likeness (QED) is 0.824. The summed E-state index contributed by atoms with van der Waals surface area (Å²) in [7, 11) is 0. The van der Waals surface area contributed by atoms with E-state index in [-0.39, 0.29) is 11.7 Å². The summed E-state index contributed by atoms with van der Waals surface area (Å²) in [5.74, 6) is 0.761. The Kier molecular flexibility index (Phi) is 6.09. The third-order valence-electron chi connectivity index (χ3n) is 3.35. The first-order valence-corrected chi connectivity index (χ1v) is 7.78. The van der Waals surface area contributed by atoms with Crippen LogP contribution in [0.1, 0.15) is 29.8 Å². The number of hydrogen-bond donors (Lipinski definition) is 2. The average molecular weight is 315 g/mol. The fourth-order valence-corrected chi connectivity index (χ4v) is 2.06. The molecule has 23 heavy (non-hydrogen) atoms. The second-order valence-electron chi connectivity index (χ2n) is 5.80. The minimum absolute atomic E-state index is 0.121. The zero-order valence-electron chi connectivity index (χ0n) is 13.5. The summed E-state index contributed by atoms with van der Waals surface area (Å²) in [6.07, 6.45) is 2.12. The Labute approximate surface area is 136 Å². The lowest BCUT2D eigenvalue weighted by molar-refractivity contribution is 0.0948. The molecule has 0 fully saturated rings. The highest BCUT2D eigenvalue weighted by atomic mass is 19.1. The van der Waals surface area contributed by atoms with Crippen molar-refractivity contribution in [3.63, 3.8) is 0 Å². The van der Waals surface area contributed by atoms with Gasteiger partial charge in [0.05, 0.1) is 5.56 Å². The van der Waals surface area contributed by atoms with E-state index in [2.05, 4.69) is 15.6 Å². The minimum atomic E-state index is -0.195. The van der Waals surface area contributed by atoms with E-state index in [0.29, 0.717) is 42.4 Å². The Bertz CT molecular complexity index is 641. The zero-order valence-corrected chi connectivity index (χ0v) is 13.5. The molecule has 122 valence electrons. The fraction of sp³-hybridized carbons (Fsp3) is 0.333. The van der Waals surface area contributed by atoms with E-state index in [1.165, 1.54) is 6.07 Å². The molecule has 2 rings (SSSR count). The highest BCUT2D eigenvalue weighted by Gasteiger charge is 2.06. The van der Waals surface area contributed by atoms with Gasteiger partial charge in [0.2, 0.25) is 0 Å². The molecule has 0 unspecified atom stereocenters. The van der Waals surface area contributed by atoms with Gasteiger partial charge in [0.1, 0.15) is 11.6 Å². The maximum absolute atomic E-state index is 13.5. The summed E-state index contributed by atoms with van der Waals surface area (Å²) in [4.78, 5) is 16.1. The van der Waals surface area contributed by atoms with Crippen LogP contribution in [0.15, 0.2) is 42.6 Å². The molecule has 5 heteroatoms. The summed E-state index contributed by atoms with van der Waals surface area (Å²) >= 11 is 0. The largest absolute Gasteiger partial charge is 0.370 e. The summed E-state index contributed by atoms with van der Waals surface area (Å²) in [5, 5.41) is 5.97. The van der Waals surface area contributed by atoms with Gasteiger partial charge in [0.25, 0.3) is 5.91 Å². The molecule has 0 aliphatic carbocycles. The van der Waals surface area contributed by atoms with Gasteiger partial charge in [-0.1, -0.05) is 32.0 Å². The molecule has 0 radical (unpaired) electrons. The Morgan fingerprint density at radius 2 is 2.00 bits per heavy atom. The highest BCUT2D eigenvalue weighted by molar-refractivity contribution is 5.94. The number of benzene rings is 1. The zero-order chi connectivity index (χ0) is 16.7. The van der Waals surface area contributed by atoms with Crippen LogP contribution in [0.5, 0.6) is 0 Å². The number of hydrogen-bond acceptors (Lipinski definition) is 3. The Hall–Kier alpha value is -2.43. The van der Waals surface area contributed by atoms with Crippen LogP contribution in [0.2, 0.25) is 0 Å². The molecule has 0 atom stereocenters. The molecule has 1 aromatic heterocycles. The van der Waals surface area contributed by atoms with E-state index in [1.54, 1.807) is 30.5 Å². The number of rotatable bonds is 7. The van der Waals surface area contributed by atoms with Gasteiger partial charge in [-0.3, -0.25) is 4.79 Å². The van der Waals surface area contributed by atoms with Crippen molar-refractivity contribution in [3.05, 3.63) is 59.5 Å². The molecule has 2 N–H and O–H groups in total. The van der Waals surface area contributed by atoms with Crippen molar-refractivity contribution in [3.8, 4) is 0 Å². The van der Waals surface area contributed by atoms with Crippen LogP contribution in [-0.4, -0.2) is 24.0 Å². The normalized spacial score (nSPS) is 10.6. The van der Waals surface area contributed by atoms with Gasteiger partial charge in [-0.05, 0) is 36.1 Å². The molecule has 1 heterocycles. The molecule has 0 saturated carbocycles. The first-order chi connectivity index (χ1) is 11.1. The summed E-state index contributed by atoms with van der Waals surface area (Å²) in [6, 6.07) is 10.2. The van der Waals surface area contributed by atoms with E-state index in [0.717, 1.165) is 0 Å². The van der Waals surface area contributed by atoms with Crippen molar-refractivity contribution >= 4 is 11.7 Å². The topological polar surface area (TPSA) is 54.0 Å². The highest BCUT2D eigenvalue weighted by Crippen LogP contribution is 2.09. The molecular weight excluding hydrogens is 293 g/mol. The fourth-order valence-electron chi connectivity index (χ4n) is 2.06. The van der Waals surface area contributed by atoms with E-state index >= 15 is 0 Å². The first kappa shape index (κ1) is 16.9. The number of pyridine rings is 1. The molecule has 0 bridgehead atoms. The minimum Gasteiger partial charge on any atom is -0.370 e. The van der Waals surface area contributed by atoms with Gasteiger partial charge in [-0.15, -0.1) is 0 Å². The summed E-state index contributed by atoms with van der Waals surface area (Å²) in [6.45, 7) is 5.30. The molecule has 2 aromatic rings. The van der Waals surface area contributed by atoms with Crippen molar-refractivity contribution in [1.29, 1.82) is 0 Å². The number of aromatic nitrogens is 1. The number of amides is 1. The molecule has 0 aliphatic heterocycles. The average Bonchev–Trinajstić information content (AvgIpc) is 2.55.